The van der Waals surface area contributed by atoms with Gasteiger partial charge < -0.3 is 4.90 Å². The van der Waals surface area contributed by atoms with Gasteiger partial charge in [0.1, 0.15) is 0 Å². The van der Waals surface area contributed by atoms with Crippen LogP contribution in [0, 0.1) is 12.8 Å². The fraction of sp³-hybridized carbons (Fsp3) is 0.625. The normalized spacial score (nSPS) is 20.5. The Labute approximate surface area is 133 Å². The molecule has 2 aliphatic rings. The Hall–Kier alpha value is -0.940. The van der Waals surface area contributed by atoms with E-state index in [0.717, 1.165) is 44.7 Å². The molecule has 0 radical (unpaired) electrons. The van der Waals surface area contributed by atoms with E-state index < -0.39 is 11.7 Å². The summed E-state index contributed by atoms with van der Waals surface area (Å²) in [7, 11) is 0. The average molecular weight is 333 g/mol. The number of hydrogen-bond donors (Lipinski definition) is 0. The minimum Gasteiger partial charge on any atom is -0.368 e. The summed E-state index contributed by atoms with van der Waals surface area (Å²) in [6.07, 6.45) is -1.77. The Bertz CT molecular complexity index is 547. The molecule has 1 aliphatic carbocycles. The van der Waals surface area contributed by atoms with Gasteiger partial charge in [-0.3, -0.25) is 4.90 Å². The maximum Gasteiger partial charge on any atom is 0.417 e. The zero-order valence-corrected chi connectivity index (χ0v) is 13.3. The van der Waals surface area contributed by atoms with E-state index in [1.807, 2.05) is 4.90 Å². The van der Waals surface area contributed by atoms with Gasteiger partial charge in [0.2, 0.25) is 0 Å². The summed E-state index contributed by atoms with van der Waals surface area (Å²) < 4.78 is 39.2. The lowest BCUT2D eigenvalue weighted by molar-refractivity contribution is -0.137. The lowest BCUT2D eigenvalue weighted by atomic mass is 10.1. The van der Waals surface area contributed by atoms with E-state index >= 15 is 0 Å². The zero-order valence-electron chi connectivity index (χ0n) is 12.6. The van der Waals surface area contributed by atoms with Crippen LogP contribution in [0.3, 0.4) is 0 Å². The van der Waals surface area contributed by atoms with Crippen molar-refractivity contribution in [2.24, 2.45) is 5.92 Å². The second-order valence-electron chi connectivity index (χ2n) is 6.37. The molecule has 0 bridgehead atoms. The Kier molecular flexibility index (Phi) is 4.29. The van der Waals surface area contributed by atoms with Crippen molar-refractivity contribution in [3.8, 4) is 0 Å². The van der Waals surface area contributed by atoms with E-state index in [-0.39, 0.29) is 5.02 Å². The van der Waals surface area contributed by atoms with Crippen molar-refractivity contribution >= 4 is 17.3 Å². The summed E-state index contributed by atoms with van der Waals surface area (Å²) >= 11 is 6.05. The maximum absolute atomic E-state index is 13.1. The van der Waals surface area contributed by atoms with Gasteiger partial charge in [0.15, 0.2) is 0 Å². The van der Waals surface area contributed by atoms with Crippen LogP contribution in [0.15, 0.2) is 12.1 Å². The van der Waals surface area contributed by atoms with Crippen molar-refractivity contribution in [2.75, 3.05) is 37.6 Å². The average Bonchev–Trinajstić information content (AvgIpc) is 3.25. The largest absolute Gasteiger partial charge is 0.417 e. The van der Waals surface area contributed by atoms with Gasteiger partial charge in [-0.2, -0.15) is 13.2 Å². The molecule has 2 nitrogen and oxygen atoms in total. The van der Waals surface area contributed by atoms with Gasteiger partial charge in [-0.1, -0.05) is 11.6 Å². The monoisotopic (exact) mass is 332 g/mol. The van der Waals surface area contributed by atoms with Gasteiger partial charge in [0, 0.05) is 32.7 Å². The van der Waals surface area contributed by atoms with Crippen LogP contribution in [0.5, 0.6) is 0 Å². The van der Waals surface area contributed by atoms with Crippen LogP contribution in [0.2, 0.25) is 5.02 Å². The van der Waals surface area contributed by atoms with Gasteiger partial charge in [0.05, 0.1) is 16.3 Å². The number of aryl methyl sites for hydroxylation is 1. The zero-order chi connectivity index (χ0) is 15.9. The molecule has 1 aromatic rings. The SMILES string of the molecule is Cc1cc(N2CCN(CC3CC3)CC2)c(Cl)c(C(F)(F)F)c1. The van der Waals surface area contributed by atoms with E-state index in [1.165, 1.54) is 12.8 Å². The molecular formula is C16H20ClF3N2. The van der Waals surface area contributed by atoms with Crippen molar-refractivity contribution in [3.63, 3.8) is 0 Å². The van der Waals surface area contributed by atoms with Crippen LogP contribution in [0.4, 0.5) is 18.9 Å². The van der Waals surface area contributed by atoms with Crippen LogP contribution in [0.25, 0.3) is 0 Å². The highest BCUT2D eigenvalue weighted by atomic mass is 35.5. The molecule has 122 valence electrons. The number of rotatable bonds is 3. The van der Waals surface area contributed by atoms with Crippen molar-refractivity contribution < 1.29 is 13.2 Å². The van der Waals surface area contributed by atoms with Gasteiger partial charge in [-0.05, 0) is 43.4 Å². The Balaban J connectivity index is 1.76. The van der Waals surface area contributed by atoms with E-state index in [0.29, 0.717) is 11.3 Å². The van der Waals surface area contributed by atoms with Crippen LogP contribution in [0.1, 0.15) is 24.0 Å². The highest BCUT2D eigenvalue weighted by molar-refractivity contribution is 6.34. The number of alkyl halides is 3. The van der Waals surface area contributed by atoms with Crippen LogP contribution in [-0.4, -0.2) is 37.6 Å². The molecule has 1 saturated carbocycles. The maximum atomic E-state index is 13.1. The van der Waals surface area contributed by atoms with Crippen molar-refractivity contribution in [1.29, 1.82) is 0 Å². The minimum absolute atomic E-state index is 0.172. The molecule has 6 heteroatoms. The van der Waals surface area contributed by atoms with Gasteiger partial charge in [0.25, 0.3) is 0 Å². The first-order valence-corrected chi connectivity index (χ1v) is 8.07. The highest BCUT2D eigenvalue weighted by Gasteiger charge is 2.35. The first kappa shape index (κ1) is 15.9. The molecule has 0 atom stereocenters. The summed E-state index contributed by atoms with van der Waals surface area (Å²) in [4.78, 5) is 4.39. The van der Waals surface area contributed by atoms with Crippen LogP contribution < -0.4 is 4.90 Å². The van der Waals surface area contributed by atoms with E-state index in [4.69, 9.17) is 11.6 Å². The molecule has 0 aromatic heterocycles. The number of benzene rings is 1. The lowest BCUT2D eigenvalue weighted by Crippen LogP contribution is -2.47. The molecule has 1 saturated heterocycles. The molecule has 0 spiro atoms. The molecule has 3 rings (SSSR count). The lowest BCUT2D eigenvalue weighted by Gasteiger charge is -2.37. The fourth-order valence-electron chi connectivity index (χ4n) is 3.02. The molecule has 0 amide bonds. The molecule has 0 unspecified atom stereocenters. The predicted octanol–water partition coefficient (Wildman–Crippen LogP) is 4.20. The predicted molar refractivity (Wildman–Crippen MR) is 82.6 cm³/mol. The van der Waals surface area contributed by atoms with E-state index in [1.54, 1.807) is 13.0 Å². The Morgan fingerprint density at radius 2 is 1.77 bits per heavy atom. The second kappa shape index (κ2) is 5.93. The minimum atomic E-state index is -4.41. The molecule has 1 heterocycles. The Morgan fingerprint density at radius 1 is 1.14 bits per heavy atom. The van der Waals surface area contributed by atoms with Gasteiger partial charge in [-0.25, -0.2) is 0 Å². The first-order valence-electron chi connectivity index (χ1n) is 7.69. The summed E-state index contributed by atoms with van der Waals surface area (Å²) in [5, 5.41) is -0.172. The standard InChI is InChI=1S/C16H20ClF3N2/c1-11-8-13(16(18,19)20)15(17)14(9-11)22-6-4-21(5-7-22)10-12-2-3-12/h8-9,12H,2-7,10H2,1H3. The number of hydrogen-bond acceptors (Lipinski definition) is 2. The summed E-state index contributed by atoms with van der Waals surface area (Å²) in [5.41, 5.74) is 0.372. The molecular weight excluding hydrogens is 313 g/mol. The van der Waals surface area contributed by atoms with Crippen molar-refractivity contribution in [2.45, 2.75) is 25.9 Å². The third-order valence-electron chi connectivity index (χ3n) is 4.43. The molecule has 1 aromatic carbocycles. The van der Waals surface area contributed by atoms with Crippen LogP contribution >= 0.6 is 11.6 Å². The smallest absolute Gasteiger partial charge is 0.368 e. The number of piperazine rings is 1. The van der Waals surface area contributed by atoms with E-state index in [2.05, 4.69) is 4.90 Å². The molecule has 2 fully saturated rings. The van der Waals surface area contributed by atoms with Crippen molar-refractivity contribution in [1.82, 2.24) is 4.90 Å². The van der Waals surface area contributed by atoms with Crippen molar-refractivity contribution in [3.05, 3.63) is 28.3 Å². The van der Waals surface area contributed by atoms with Crippen LogP contribution in [-0.2, 0) is 6.18 Å². The second-order valence-corrected chi connectivity index (χ2v) is 6.75. The fourth-order valence-corrected chi connectivity index (χ4v) is 3.36. The van der Waals surface area contributed by atoms with Gasteiger partial charge in [-0.15, -0.1) is 0 Å². The summed E-state index contributed by atoms with van der Waals surface area (Å²) in [5.74, 6) is 0.839. The summed E-state index contributed by atoms with van der Waals surface area (Å²) in [6, 6.07) is 2.88. The third kappa shape index (κ3) is 3.51. The number of anilines is 1. The third-order valence-corrected chi connectivity index (χ3v) is 4.83. The molecule has 1 aliphatic heterocycles. The number of halogens is 4. The first-order chi connectivity index (χ1) is 10.3. The van der Waals surface area contributed by atoms with E-state index in [9.17, 15) is 13.2 Å². The highest BCUT2D eigenvalue weighted by Crippen LogP contribution is 2.41. The quantitative estimate of drug-likeness (QED) is 0.818. The topological polar surface area (TPSA) is 6.48 Å². The van der Waals surface area contributed by atoms with Gasteiger partial charge >= 0.3 is 6.18 Å². The summed E-state index contributed by atoms with van der Waals surface area (Å²) in [6.45, 7) is 6.05. The molecule has 0 N–H and O–H groups in total. The molecule has 22 heavy (non-hydrogen) atoms. The Morgan fingerprint density at radius 3 is 2.32 bits per heavy atom. The number of nitrogens with zero attached hydrogens (tertiary/aromatic N) is 2.